The second kappa shape index (κ2) is 7.58. The zero-order valence-electron chi connectivity index (χ0n) is 8.64. The fourth-order valence-corrected chi connectivity index (χ4v) is 0.911. The molecule has 1 aromatic carbocycles. The summed E-state index contributed by atoms with van der Waals surface area (Å²) in [5.41, 5.74) is 0.378. The first-order valence-electron chi connectivity index (χ1n) is 4.07. The maximum atomic E-state index is 11.1. The molecule has 1 rings (SSSR count). The average molecular weight is 245 g/mol. The first kappa shape index (κ1) is 15.3. The molecule has 0 aliphatic heterocycles. The van der Waals surface area contributed by atoms with Gasteiger partial charge in [-0.3, -0.25) is 4.79 Å². The zero-order chi connectivity index (χ0) is 11.3. The molecule has 78 valence electrons. The number of carbonyl (C=O) groups is 2. The average Bonchev–Trinajstić information content (AvgIpc) is 2.15. The van der Waals surface area contributed by atoms with Crippen LogP contribution in [-0.4, -0.2) is 17.0 Å². The zero-order valence-corrected chi connectivity index (χ0v) is 11.8. The van der Waals surface area contributed by atoms with Gasteiger partial charge in [0.1, 0.15) is 5.75 Å². The summed E-state index contributed by atoms with van der Waals surface area (Å²) >= 11 is 0. The van der Waals surface area contributed by atoms with E-state index >= 15 is 0 Å². The van der Waals surface area contributed by atoms with Crippen LogP contribution in [0.2, 0.25) is 0 Å². The predicted octanol–water partition coefficient (Wildman–Crippen LogP) is -3.36. The third-order valence-corrected chi connectivity index (χ3v) is 1.48. The van der Waals surface area contributed by atoms with Crippen molar-refractivity contribution in [3.05, 3.63) is 36.4 Å². The van der Waals surface area contributed by atoms with Crippen molar-refractivity contribution in [1.82, 2.24) is 0 Å². The van der Waals surface area contributed by atoms with Gasteiger partial charge in [0.25, 0.3) is 0 Å². The van der Waals surface area contributed by atoms with E-state index in [0.29, 0.717) is 11.8 Å². The van der Waals surface area contributed by atoms with Crippen molar-refractivity contribution < 1.29 is 71.2 Å². The molecule has 1 aromatic rings. The molecule has 16 heavy (non-hydrogen) atoms. The minimum absolute atomic E-state index is 0. The summed E-state index contributed by atoms with van der Waals surface area (Å²) in [7, 11) is 0. The van der Waals surface area contributed by atoms with Crippen LogP contribution in [0.25, 0.3) is 0 Å². The third kappa shape index (κ3) is 6.04. The van der Waals surface area contributed by atoms with Gasteiger partial charge in [-0.05, 0) is 18.2 Å². The minimum atomic E-state index is -1.44. The van der Waals surface area contributed by atoms with Crippen molar-refractivity contribution in [2.24, 2.45) is 0 Å². The molecule has 1 amide bonds. The molecule has 0 aliphatic rings. The summed E-state index contributed by atoms with van der Waals surface area (Å²) < 4.78 is 0. The SMILES string of the molecule is O=C([O-])/C=C\C(=O)Nc1cccc(O)c1.[K+]. The van der Waals surface area contributed by atoms with E-state index in [0.717, 1.165) is 6.08 Å². The Hall–Kier alpha value is -0.664. The fourth-order valence-electron chi connectivity index (χ4n) is 0.911. The Morgan fingerprint density at radius 2 is 2.00 bits per heavy atom. The Balaban J connectivity index is 0.00000225. The van der Waals surface area contributed by atoms with Crippen LogP contribution in [0.1, 0.15) is 0 Å². The van der Waals surface area contributed by atoms with Crippen molar-refractivity contribution >= 4 is 17.6 Å². The predicted molar refractivity (Wildman–Crippen MR) is 50.9 cm³/mol. The molecule has 0 saturated carbocycles. The Kier molecular flexibility index (Phi) is 7.27. The number of nitrogens with one attached hydrogen (secondary N) is 1. The van der Waals surface area contributed by atoms with Crippen LogP contribution < -0.4 is 61.8 Å². The number of carbonyl (C=O) groups excluding carboxylic acids is 2. The van der Waals surface area contributed by atoms with Crippen LogP contribution in [-0.2, 0) is 9.59 Å². The van der Waals surface area contributed by atoms with Crippen molar-refractivity contribution in [3.8, 4) is 5.75 Å². The first-order chi connectivity index (χ1) is 7.08. The molecule has 0 unspecified atom stereocenters. The van der Waals surface area contributed by atoms with Gasteiger partial charge < -0.3 is 20.3 Å². The molecule has 0 spiro atoms. The summed E-state index contributed by atoms with van der Waals surface area (Å²) in [6.07, 6.45) is 1.46. The normalized spacial score (nSPS) is 9.50. The van der Waals surface area contributed by atoms with Gasteiger partial charge in [0.05, 0.1) is 5.97 Å². The van der Waals surface area contributed by atoms with Crippen molar-refractivity contribution in [1.29, 1.82) is 0 Å². The number of rotatable bonds is 3. The van der Waals surface area contributed by atoms with Gasteiger partial charge in [0.2, 0.25) is 5.91 Å². The van der Waals surface area contributed by atoms with Crippen LogP contribution in [0.4, 0.5) is 5.69 Å². The third-order valence-electron chi connectivity index (χ3n) is 1.48. The number of aliphatic carboxylic acids is 1. The van der Waals surface area contributed by atoms with Crippen LogP contribution in [0.3, 0.4) is 0 Å². The van der Waals surface area contributed by atoms with E-state index < -0.39 is 11.9 Å². The van der Waals surface area contributed by atoms with Crippen LogP contribution in [0.15, 0.2) is 36.4 Å². The molecule has 0 bridgehead atoms. The number of benzene rings is 1. The largest absolute Gasteiger partial charge is 1.00 e. The van der Waals surface area contributed by atoms with E-state index in [-0.39, 0.29) is 57.1 Å². The quantitative estimate of drug-likeness (QED) is 0.430. The van der Waals surface area contributed by atoms with Crippen molar-refractivity contribution in [3.63, 3.8) is 0 Å². The molecule has 0 aliphatic carbocycles. The van der Waals surface area contributed by atoms with E-state index in [4.69, 9.17) is 5.11 Å². The molecule has 6 heteroatoms. The van der Waals surface area contributed by atoms with Gasteiger partial charge in [-0.15, -0.1) is 0 Å². The number of hydrogen-bond donors (Lipinski definition) is 2. The van der Waals surface area contributed by atoms with E-state index in [1.54, 1.807) is 12.1 Å². The Labute approximate surface area is 135 Å². The number of hydrogen-bond acceptors (Lipinski definition) is 4. The second-order valence-corrected chi connectivity index (χ2v) is 2.69. The summed E-state index contributed by atoms with van der Waals surface area (Å²) in [5.74, 6) is -2.04. The topological polar surface area (TPSA) is 89.5 Å². The molecule has 5 nitrogen and oxygen atoms in total. The number of carboxylic acid groups (broad SMARTS) is 1. The van der Waals surface area contributed by atoms with E-state index in [1.807, 2.05) is 0 Å². The van der Waals surface area contributed by atoms with E-state index in [2.05, 4.69) is 5.32 Å². The smallest absolute Gasteiger partial charge is 0.545 e. The Morgan fingerprint density at radius 1 is 1.31 bits per heavy atom. The summed E-state index contributed by atoms with van der Waals surface area (Å²) in [5, 5.41) is 21.4. The molecule has 0 aromatic heterocycles. The molecule has 0 heterocycles. The standard InChI is InChI=1S/C10H9NO4.K/c12-8-3-1-2-7(6-8)11-9(13)4-5-10(14)15;/h1-6,12H,(H,11,13)(H,14,15);/q;+1/p-1/b5-4-;. The molecular formula is C10H8KNO4. The number of phenols is 1. The van der Waals surface area contributed by atoms with E-state index in [9.17, 15) is 14.7 Å². The number of anilines is 1. The summed E-state index contributed by atoms with van der Waals surface area (Å²) in [6, 6.07) is 5.90. The Morgan fingerprint density at radius 3 is 2.56 bits per heavy atom. The fraction of sp³-hybridized carbons (Fsp3) is 0. The van der Waals surface area contributed by atoms with Gasteiger partial charge in [-0.2, -0.15) is 0 Å². The van der Waals surface area contributed by atoms with Crippen molar-refractivity contribution in [2.45, 2.75) is 0 Å². The minimum Gasteiger partial charge on any atom is -0.545 e. The maximum Gasteiger partial charge on any atom is 1.00 e. The molecule has 0 atom stereocenters. The molecule has 0 saturated heterocycles. The maximum absolute atomic E-state index is 11.1. The number of phenolic OH excluding ortho intramolecular Hbond substituents is 1. The van der Waals surface area contributed by atoms with Crippen molar-refractivity contribution in [2.75, 3.05) is 5.32 Å². The van der Waals surface area contributed by atoms with Crippen LogP contribution in [0, 0.1) is 0 Å². The summed E-state index contributed by atoms with van der Waals surface area (Å²) in [6.45, 7) is 0. The van der Waals surface area contributed by atoms with Gasteiger partial charge in [-0.25, -0.2) is 0 Å². The van der Waals surface area contributed by atoms with Crippen LogP contribution in [0.5, 0.6) is 5.75 Å². The molecule has 0 fully saturated rings. The molecule has 2 N–H and O–H groups in total. The van der Waals surface area contributed by atoms with Gasteiger partial charge in [0, 0.05) is 17.8 Å². The van der Waals surface area contributed by atoms with Gasteiger partial charge in [0.15, 0.2) is 0 Å². The Bertz CT molecular complexity index is 417. The number of aromatic hydroxyl groups is 1. The second-order valence-electron chi connectivity index (χ2n) is 2.69. The monoisotopic (exact) mass is 245 g/mol. The van der Waals surface area contributed by atoms with Gasteiger partial charge in [-0.1, -0.05) is 6.07 Å². The van der Waals surface area contributed by atoms with Gasteiger partial charge >= 0.3 is 51.4 Å². The number of carboxylic acids is 1. The number of amides is 1. The molecular weight excluding hydrogens is 237 g/mol. The summed E-state index contributed by atoms with van der Waals surface area (Å²) in [4.78, 5) is 21.0. The van der Waals surface area contributed by atoms with Crippen LogP contribution >= 0.6 is 0 Å². The first-order valence-corrected chi connectivity index (χ1v) is 4.07. The van der Waals surface area contributed by atoms with E-state index in [1.165, 1.54) is 12.1 Å². The molecule has 0 radical (unpaired) electrons.